The number of rotatable bonds is 7. The molecule has 2 rings (SSSR count). The molecule has 21 heavy (non-hydrogen) atoms. The number of hydrogen-bond acceptors (Lipinski definition) is 5. The minimum absolute atomic E-state index is 0.266. The van der Waals surface area contributed by atoms with Gasteiger partial charge in [0, 0.05) is 18.0 Å². The summed E-state index contributed by atoms with van der Waals surface area (Å²) in [6, 6.07) is 3.95. The van der Waals surface area contributed by atoms with Gasteiger partial charge in [-0.2, -0.15) is 5.10 Å². The molecule has 0 saturated carbocycles. The first-order chi connectivity index (χ1) is 9.95. The molecule has 0 aliphatic rings. The van der Waals surface area contributed by atoms with E-state index in [9.17, 15) is 8.42 Å². The van der Waals surface area contributed by atoms with Crippen molar-refractivity contribution in [3.63, 3.8) is 0 Å². The summed E-state index contributed by atoms with van der Waals surface area (Å²) in [7, 11) is -3.54. The monoisotopic (exact) mass is 328 g/mol. The zero-order chi connectivity index (χ0) is 15.5. The smallest absolute Gasteiger partial charge is 0.244 e. The molecule has 0 aliphatic carbocycles. The van der Waals surface area contributed by atoms with E-state index in [-0.39, 0.29) is 4.90 Å². The topological polar surface area (TPSA) is 90.0 Å². The van der Waals surface area contributed by atoms with Gasteiger partial charge in [-0.1, -0.05) is 6.07 Å². The zero-order valence-electron chi connectivity index (χ0n) is 12.2. The van der Waals surface area contributed by atoms with Crippen molar-refractivity contribution in [2.24, 2.45) is 5.73 Å². The highest BCUT2D eigenvalue weighted by Crippen LogP contribution is 2.19. The van der Waals surface area contributed by atoms with Crippen LogP contribution in [0.2, 0.25) is 0 Å². The van der Waals surface area contributed by atoms with Crippen LogP contribution in [-0.4, -0.2) is 31.3 Å². The van der Waals surface area contributed by atoms with E-state index >= 15 is 0 Å². The van der Waals surface area contributed by atoms with Crippen LogP contribution >= 0.6 is 11.3 Å². The molecule has 0 bridgehead atoms. The number of nitrogens with zero attached hydrogens (tertiary/aromatic N) is 2. The quantitative estimate of drug-likeness (QED) is 0.795. The molecule has 3 N–H and O–H groups in total. The van der Waals surface area contributed by atoms with Crippen LogP contribution in [0.15, 0.2) is 22.4 Å². The van der Waals surface area contributed by atoms with E-state index in [0.717, 1.165) is 4.88 Å². The van der Waals surface area contributed by atoms with Gasteiger partial charge in [-0.05, 0) is 31.7 Å². The Morgan fingerprint density at radius 1 is 1.43 bits per heavy atom. The fraction of sp³-hybridized carbons (Fsp3) is 0.462. The molecule has 0 aliphatic heterocycles. The first-order valence-electron chi connectivity index (χ1n) is 6.72. The standard InChI is InChI=1S/C13H20N4O2S2/c1-10-13(11(2)17(16-10)8-6-14)21(18,19)15-7-5-12-4-3-9-20-12/h3-4,9,15H,5-8,14H2,1-2H3. The lowest BCUT2D eigenvalue weighted by molar-refractivity contribution is 0.578. The summed E-state index contributed by atoms with van der Waals surface area (Å²) in [4.78, 5) is 1.42. The highest BCUT2D eigenvalue weighted by molar-refractivity contribution is 7.89. The molecule has 0 amide bonds. The second-order valence-corrected chi connectivity index (χ2v) is 7.47. The number of thiophene rings is 1. The average molecular weight is 328 g/mol. The molecule has 6 nitrogen and oxygen atoms in total. The molecule has 2 heterocycles. The molecule has 2 aromatic rings. The summed E-state index contributed by atoms with van der Waals surface area (Å²) in [5, 5.41) is 6.22. The van der Waals surface area contributed by atoms with Crippen LogP contribution in [0.4, 0.5) is 0 Å². The van der Waals surface area contributed by atoms with Gasteiger partial charge in [-0.15, -0.1) is 11.3 Å². The molecular weight excluding hydrogens is 308 g/mol. The Morgan fingerprint density at radius 2 is 2.19 bits per heavy atom. The molecular formula is C13H20N4O2S2. The predicted octanol–water partition coefficient (Wildman–Crippen LogP) is 1.04. The van der Waals surface area contributed by atoms with Gasteiger partial charge < -0.3 is 5.73 Å². The molecule has 2 aromatic heterocycles. The molecule has 0 spiro atoms. The van der Waals surface area contributed by atoms with E-state index in [1.165, 1.54) is 0 Å². The first kappa shape index (κ1) is 16.2. The third-order valence-electron chi connectivity index (χ3n) is 3.17. The van der Waals surface area contributed by atoms with Crippen molar-refractivity contribution in [1.29, 1.82) is 0 Å². The van der Waals surface area contributed by atoms with Crippen LogP contribution in [-0.2, 0) is 23.0 Å². The first-order valence-corrected chi connectivity index (χ1v) is 9.08. The summed E-state index contributed by atoms with van der Waals surface area (Å²) in [6.45, 7) is 4.77. The van der Waals surface area contributed by atoms with Crippen LogP contribution in [0.25, 0.3) is 0 Å². The lowest BCUT2D eigenvalue weighted by Gasteiger charge is -2.07. The fourth-order valence-corrected chi connectivity index (χ4v) is 4.39. The van der Waals surface area contributed by atoms with Crippen molar-refractivity contribution in [1.82, 2.24) is 14.5 Å². The van der Waals surface area contributed by atoms with E-state index in [1.807, 2.05) is 17.5 Å². The maximum Gasteiger partial charge on any atom is 0.244 e. The van der Waals surface area contributed by atoms with E-state index in [0.29, 0.717) is 37.4 Å². The van der Waals surface area contributed by atoms with Crippen molar-refractivity contribution < 1.29 is 8.42 Å². The molecule has 116 valence electrons. The predicted molar refractivity (Wildman–Crippen MR) is 84.0 cm³/mol. The van der Waals surface area contributed by atoms with Crippen molar-refractivity contribution >= 4 is 21.4 Å². The van der Waals surface area contributed by atoms with Gasteiger partial charge in [0.15, 0.2) is 0 Å². The summed E-state index contributed by atoms with van der Waals surface area (Å²) in [6.07, 6.45) is 0.686. The second kappa shape index (κ2) is 6.69. The minimum atomic E-state index is -3.54. The zero-order valence-corrected chi connectivity index (χ0v) is 13.8. The van der Waals surface area contributed by atoms with Gasteiger partial charge in [0.25, 0.3) is 0 Å². The van der Waals surface area contributed by atoms with Crippen molar-refractivity contribution in [2.75, 3.05) is 13.1 Å². The van der Waals surface area contributed by atoms with Crippen LogP contribution < -0.4 is 10.5 Å². The van der Waals surface area contributed by atoms with Crippen LogP contribution in [0.3, 0.4) is 0 Å². The minimum Gasteiger partial charge on any atom is -0.329 e. The average Bonchev–Trinajstić information content (AvgIpc) is 2.99. The number of nitrogens with two attached hydrogens (primary N) is 1. The SMILES string of the molecule is Cc1nn(CCN)c(C)c1S(=O)(=O)NCCc1cccs1. The molecule has 0 unspecified atom stereocenters. The molecule has 0 fully saturated rings. The largest absolute Gasteiger partial charge is 0.329 e. The highest BCUT2D eigenvalue weighted by atomic mass is 32.2. The van der Waals surface area contributed by atoms with E-state index < -0.39 is 10.0 Å². The Hall–Kier alpha value is -1.22. The van der Waals surface area contributed by atoms with Gasteiger partial charge in [-0.3, -0.25) is 4.68 Å². The number of nitrogens with one attached hydrogen (secondary N) is 1. The number of aromatic nitrogens is 2. The third-order valence-corrected chi connectivity index (χ3v) is 5.82. The number of sulfonamides is 1. The Labute approximate surface area is 129 Å². The highest BCUT2D eigenvalue weighted by Gasteiger charge is 2.23. The van der Waals surface area contributed by atoms with Crippen molar-refractivity contribution in [3.8, 4) is 0 Å². The summed E-state index contributed by atoms with van der Waals surface area (Å²) in [5.74, 6) is 0. The summed E-state index contributed by atoms with van der Waals surface area (Å²) in [5.41, 5.74) is 6.64. The van der Waals surface area contributed by atoms with Crippen LogP contribution in [0.1, 0.15) is 16.3 Å². The van der Waals surface area contributed by atoms with Gasteiger partial charge in [0.1, 0.15) is 4.90 Å². The lowest BCUT2D eigenvalue weighted by Crippen LogP contribution is -2.27. The third kappa shape index (κ3) is 3.70. The van der Waals surface area contributed by atoms with Gasteiger partial charge in [0.05, 0.1) is 17.9 Å². The van der Waals surface area contributed by atoms with Gasteiger partial charge in [0.2, 0.25) is 10.0 Å². The maximum atomic E-state index is 12.4. The number of aryl methyl sites for hydroxylation is 1. The lowest BCUT2D eigenvalue weighted by atomic mass is 10.3. The summed E-state index contributed by atoms with van der Waals surface area (Å²) >= 11 is 1.62. The van der Waals surface area contributed by atoms with Crippen LogP contribution in [0, 0.1) is 13.8 Å². The Morgan fingerprint density at radius 3 is 2.81 bits per heavy atom. The molecule has 0 saturated heterocycles. The van der Waals surface area contributed by atoms with Gasteiger partial charge in [-0.25, -0.2) is 13.1 Å². The van der Waals surface area contributed by atoms with E-state index in [2.05, 4.69) is 9.82 Å². The van der Waals surface area contributed by atoms with Crippen molar-refractivity contribution in [2.45, 2.75) is 31.7 Å². The second-order valence-electron chi connectivity index (χ2n) is 4.74. The normalized spacial score (nSPS) is 12.0. The molecule has 8 heteroatoms. The van der Waals surface area contributed by atoms with E-state index in [1.54, 1.807) is 29.9 Å². The molecule has 0 radical (unpaired) electrons. The van der Waals surface area contributed by atoms with E-state index in [4.69, 9.17) is 5.73 Å². The fourth-order valence-electron chi connectivity index (χ4n) is 2.24. The molecule has 0 atom stereocenters. The number of hydrogen-bond donors (Lipinski definition) is 2. The van der Waals surface area contributed by atoms with Crippen LogP contribution in [0.5, 0.6) is 0 Å². The molecule has 0 aromatic carbocycles. The maximum absolute atomic E-state index is 12.4. The Kier molecular flexibility index (Phi) is 5.15. The summed E-state index contributed by atoms with van der Waals surface area (Å²) < 4.78 is 29.1. The van der Waals surface area contributed by atoms with Crippen molar-refractivity contribution in [3.05, 3.63) is 33.8 Å². The van der Waals surface area contributed by atoms with Gasteiger partial charge >= 0.3 is 0 Å². The Bertz CT molecular complexity index is 690. The Balaban J connectivity index is 2.12.